The van der Waals surface area contributed by atoms with Gasteiger partial charge in [0.05, 0.1) is 72.2 Å². The predicted octanol–water partition coefficient (Wildman–Crippen LogP) is 8.59. The lowest BCUT2D eigenvalue weighted by Gasteiger charge is -2.47. The van der Waals surface area contributed by atoms with Gasteiger partial charge >= 0.3 is 0 Å². The van der Waals surface area contributed by atoms with E-state index in [9.17, 15) is 19.2 Å². The molecule has 7 aromatic carbocycles. The van der Waals surface area contributed by atoms with E-state index < -0.39 is 52.9 Å². The highest BCUT2D eigenvalue weighted by atomic mass is 16.6. The van der Waals surface area contributed by atoms with Gasteiger partial charge in [-0.2, -0.15) is 0 Å². The zero-order valence-corrected chi connectivity index (χ0v) is 38.6. The average Bonchev–Trinajstić information content (AvgIpc) is 4.00. The van der Waals surface area contributed by atoms with Crippen molar-refractivity contribution in [2.24, 2.45) is 0 Å². The van der Waals surface area contributed by atoms with Crippen LogP contribution in [0.2, 0.25) is 0 Å². The Bertz CT molecular complexity index is 3650. The third-order valence-electron chi connectivity index (χ3n) is 13.2. The van der Waals surface area contributed by atoms with Gasteiger partial charge in [-0.25, -0.2) is 4.57 Å². The number of fused-ring (bicyclic) bond motifs is 8. The molecular weight excluding hydrogens is 899 g/mol. The van der Waals surface area contributed by atoms with Crippen LogP contribution in [0.25, 0.3) is 43.4 Å². The largest absolute Gasteiger partial charge is 0.374 e. The molecule has 1 aliphatic heterocycles. The highest BCUT2D eigenvalue weighted by Gasteiger charge is 2.50. The molecular formula is C58H49N3O10. The number of benzene rings is 7. The third kappa shape index (κ3) is 9.07. The third-order valence-corrected chi connectivity index (χ3v) is 13.2. The van der Waals surface area contributed by atoms with Crippen LogP contribution in [0.5, 0.6) is 0 Å². The van der Waals surface area contributed by atoms with E-state index in [2.05, 4.69) is 4.98 Å². The van der Waals surface area contributed by atoms with E-state index in [-0.39, 0.29) is 73.4 Å². The molecule has 5 atom stereocenters. The Hall–Kier alpha value is -7.62. The first-order chi connectivity index (χ1) is 34.9. The summed E-state index contributed by atoms with van der Waals surface area (Å²) in [7, 11) is 0. The summed E-state index contributed by atoms with van der Waals surface area (Å²) in [5.41, 5.74) is 2.41. The molecule has 3 aromatic heterocycles. The summed E-state index contributed by atoms with van der Waals surface area (Å²) < 4.78 is 43.8. The van der Waals surface area contributed by atoms with E-state index in [4.69, 9.17) is 28.4 Å². The van der Waals surface area contributed by atoms with E-state index in [1.807, 2.05) is 180 Å². The summed E-state index contributed by atoms with van der Waals surface area (Å²) in [5, 5.41) is 0.460. The molecule has 0 spiro atoms. The average molecular weight is 948 g/mol. The molecule has 0 bridgehead atoms. The zero-order chi connectivity index (χ0) is 48.3. The standard InChI is InChI=1S/C58H49N3O10/c62-54-46-48-47(56(64)60(57(48)65)36-67-31-38-20-8-2-9-21-38)45-42-28-16-17-29-43(42)61(50(45)49(46)55(63)59-54)58-53(70-34-41-26-14-5-15-27-41)52(69-33-40-24-12-4-13-25-40)51(68-32-39-22-10-3-11-23-39)44(71-58)35-66-30-37-18-6-1-7-19-37/h1-29,44,51-53,58H,30-36H2,(H,59,62,63)/t44-,51-,52+,53-,58-/m1/s1. The van der Waals surface area contributed by atoms with Gasteiger partial charge in [-0.1, -0.05) is 170 Å². The van der Waals surface area contributed by atoms with Crippen molar-refractivity contribution in [1.29, 1.82) is 0 Å². The first kappa shape index (κ1) is 45.8. The number of nitrogens with one attached hydrogen (secondary N) is 1. The van der Waals surface area contributed by atoms with Gasteiger partial charge in [-0.3, -0.25) is 24.2 Å². The van der Waals surface area contributed by atoms with Gasteiger partial charge in [0.1, 0.15) is 31.1 Å². The Morgan fingerprint density at radius 2 is 0.873 bits per heavy atom. The van der Waals surface area contributed by atoms with Crippen molar-refractivity contribution in [2.45, 2.75) is 70.4 Å². The number of ether oxygens (including phenoxy) is 6. The molecule has 13 heteroatoms. The fourth-order valence-corrected chi connectivity index (χ4v) is 9.91. The summed E-state index contributed by atoms with van der Waals surface area (Å²) in [5.74, 6) is 0. The van der Waals surface area contributed by atoms with Crippen molar-refractivity contribution in [2.75, 3.05) is 6.61 Å². The van der Waals surface area contributed by atoms with Gasteiger partial charge in [-0.05, 0) is 33.9 Å². The fraction of sp³-hybridized carbons (Fsp3) is 0.207. The Morgan fingerprint density at radius 3 is 1.42 bits per heavy atom. The maximum absolute atomic E-state index is 14.9. The van der Waals surface area contributed by atoms with Gasteiger partial charge < -0.3 is 33.0 Å². The molecule has 0 aliphatic carbocycles. The second kappa shape index (κ2) is 20.4. The molecule has 13 nitrogen and oxygen atoms in total. The molecule has 1 fully saturated rings. The monoisotopic (exact) mass is 947 g/mol. The summed E-state index contributed by atoms with van der Waals surface area (Å²) in [4.78, 5) is 60.4. The van der Waals surface area contributed by atoms with Crippen LogP contribution in [-0.2, 0) is 68.2 Å². The second-order valence-corrected chi connectivity index (χ2v) is 17.7. The molecule has 0 radical (unpaired) electrons. The molecule has 1 saturated heterocycles. The number of aromatic amines is 1. The summed E-state index contributed by atoms with van der Waals surface area (Å²) in [6, 6.07) is 55.9. The number of rotatable bonds is 18. The number of nitrogens with zero attached hydrogens (tertiary/aromatic N) is 2. The van der Waals surface area contributed by atoms with Crippen molar-refractivity contribution >= 4 is 43.4 Å². The summed E-state index contributed by atoms with van der Waals surface area (Å²) >= 11 is 0. The van der Waals surface area contributed by atoms with Crippen LogP contribution >= 0.6 is 0 Å². The van der Waals surface area contributed by atoms with Crippen molar-refractivity contribution < 1.29 is 28.4 Å². The van der Waals surface area contributed by atoms with Crippen molar-refractivity contribution in [1.82, 2.24) is 14.1 Å². The summed E-state index contributed by atoms with van der Waals surface area (Å²) in [6.45, 7) is 0.592. The maximum Gasteiger partial charge on any atom is 0.264 e. The highest BCUT2D eigenvalue weighted by molar-refractivity contribution is 6.31. The quantitative estimate of drug-likeness (QED) is 0.0887. The van der Waals surface area contributed by atoms with Crippen LogP contribution < -0.4 is 22.2 Å². The van der Waals surface area contributed by atoms with Crippen molar-refractivity contribution in [3.05, 3.63) is 245 Å². The van der Waals surface area contributed by atoms with Crippen LogP contribution in [-0.4, -0.2) is 45.1 Å². The second-order valence-electron chi connectivity index (χ2n) is 17.7. The Labute approximate surface area is 406 Å². The van der Waals surface area contributed by atoms with Gasteiger partial charge in [0.2, 0.25) is 0 Å². The van der Waals surface area contributed by atoms with Gasteiger partial charge in [0, 0.05) is 10.8 Å². The molecule has 11 rings (SSSR count). The molecule has 0 amide bonds. The molecule has 10 aromatic rings. The first-order valence-electron chi connectivity index (χ1n) is 23.6. The predicted molar refractivity (Wildman–Crippen MR) is 271 cm³/mol. The van der Waals surface area contributed by atoms with Crippen LogP contribution in [0.15, 0.2) is 195 Å². The van der Waals surface area contributed by atoms with Crippen LogP contribution in [0, 0.1) is 0 Å². The van der Waals surface area contributed by atoms with Gasteiger partial charge in [-0.15, -0.1) is 0 Å². The first-order valence-corrected chi connectivity index (χ1v) is 23.6. The summed E-state index contributed by atoms with van der Waals surface area (Å²) in [6.07, 6.45) is -4.57. The Kier molecular flexibility index (Phi) is 13.1. The Balaban J connectivity index is 1.12. The minimum Gasteiger partial charge on any atom is -0.374 e. The molecule has 71 heavy (non-hydrogen) atoms. The number of hydrogen-bond donors (Lipinski definition) is 1. The molecule has 0 unspecified atom stereocenters. The van der Waals surface area contributed by atoms with Crippen LogP contribution in [0.3, 0.4) is 0 Å². The van der Waals surface area contributed by atoms with Gasteiger partial charge in [0.15, 0.2) is 6.23 Å². The van der Waals surface area contributed by atoms with E-state index in [0.29, 0.717) is 16.3 Å². The minimum atomic E-state index is -1.12. The number of para-hydroxylation sites is 1. The number of H-pyrrole nitrogens is 1. The normalized spacial score (nSPS) is 18.3. The van der Waals surface area contributed by atoms with Gasteiger partial charge in [0.25, 0.3) is 22.2 Å². The minimum absolute atomic E-state index is 0.00637. The fourth-order valence-electron chi connectivity index (χ4n) is 9.91. The Morgan fingerprint density at radius 1 is 0.437 bits per heavy atom. The lowest BCUT2D eigenvalue weighted by atomic mass is 9.96. The lowest BCUT2D eigenvalue weighted by molar-refractivity contribution is -0.288. The smallest absolute Gasteiger partial charge is 0.264 e. The SMILES string of the molecule is O=c1[nH]c(=O)c2c1c1c(=O)n(COCc3ccccc3)c(=O)c1c1c3ccccc3n([C@@H]3O[C@H](COCc4ccccc4)[C@@H](OCc4ccccc4)[C@H](OCc4ccccc4)[C@H]3OCc3ccccc3)c21. The van der Waals surface area contributed by atoms with E-state index >= 15 is 0 Å². The number of aromatic nitrogens is 3. The molecule has 1 N–H and O–H groups in total. The number of hydrogen-bond acceptors (Lipinski definition) is 10. The van der Waals surface area contributed by atoms with E-state index in [1.165, 1.54) is 0 Å². The molecule has 0 saturated carbocycles. The van der Waals surface area contributed by atoms with E-state index in [0.717, 1.165) is 32.4 Å². The van der Waals surface area contributed by atoms with Crippen molar-refractivity contribution in [3.63, 3.8) is 0 Å². The molecule has 356 valence electrons. The highest BCUT2D eigenvalue weighted by Crippen LogP contribution is 2.44. The van der Waals surface area contributed by atoms with E-state index in [1.54, 1.807) is 0 Å². The zero-order valence-electron chi connectivity index (χ0n) is 38.6. The molecule has 1 aliphatic rings. The van der Waals surface area contributed by atoms with Crippen molar-refractivity contribution in [3.8, 4) is 0 Å². The maximum atomic E-state index is 14.9. The lowest BCUT2D eigenvalue weighted by Crippen LogP contribution is -2.59. The topological polar surface area (TPSA) is 149 Å². The van der Waals surface area contributed by atoms with Crippen LogP contribution in [0.1, 0.15) is 34.0 Å². The van der Waals surface area contributed by atoms with Crippen LogP contribution in [0.4, 0.5) is 0 Å². The molecule has 4 heterocycles.